The molecule has 0 amide bonds. The Kier molecular flexibility index (Phi) is 3.37. The number of halogens is 3. The first kappa shape index (κ1) is 10.6. The second-order valence-corrected chi connectivity index (χ2v) is 3.47. The number of aromatic nitrogens is 1. The number of nitrogens with zero attached hydrogens (tertiary/aromatic N) is 1. The molecule has 0 aliphatic carbocycles. The zero-order valence-corrected chi connectivity index (χ0v) is 8.76. The molecule has 0 spiro atoms. The average Bonchev–Trinajstić information content (AvgIpc) is 2.04. The topological polar surface area (TPSA) is 64.9 Å². The van der Waals surface area contributed by atoms with Gasteiger partial charge in [-0.15, -0.1) is 0 Å². The maximum Gasteiger partial charge on any atom is 0.281 e. The van der Waals surface area contributed by atoms with Crippen molar-refractivity contribution in [2.45, 2.75) is 13.0 Å². The Hall–Kier alpha value is -0.500. The molecule has 0 atom stereocenters. The molecule has 1 rings (SSSR count). The van der Waals surface area contributed by atoms with Gasteiger partial charge in [0.1, 0.15) is 5.69 Å². The zero-order valence-electron chi connectivity index (χ0n) is 6.60. The van der Waals surface area contributed by atoms with Gasteiger partial charge in [-0.25, -0.2) is 8.78 Å². The molecule has 0 unspecified atom stereocenters. The fourth-order valence-electron chi connectivity index (χ4n) is 0.915. The van der Waals surface area contributed by atoms with Crippen molar-refractivity contribution in [3.63, 3.8) is 0 Å². The van der Waals surface area contributed by atoms with Gasteiger partial charge in [0.15, 0.2) is 0 Å². The van der Waals surface area contributed by atoms with Crippen molar-refractivity contribution in [1.29, 1.82) is 0 Å². The molecule has 0 saturated heterocycles. The van der Waals surface area contributed by atoms with Gasteiger partial charge >= 0.3 is 0 Å². The van der Waals surface area contributed by atoms with Gasteiger partial charge in [-0.3, -0.25) is 4.98 Å². The van der Waals surface area contributed by atoms with E-state index in [1.165, 1.54) is 6.20 Å². The normalized spacial score (nSPS) is 10.8. The van der Waals surface area contributed by atoms with Crippen molar-refractivity contribution in [3.05, 3.63) is 21.0 Å². The van der Waals surface area contributed by atoms with Gasteiger partial charge in [-0.2, -0.15) is 0 Å². The van der Waals surface area contributed by atoms with Crippen LogP contribution in [0.4, 0.5) is 14.5 Å². The Morgan fingerprint density at radius 1 is 1.54 bits per heavy atom. The molecule has 0 radical (unpaired) electrons. The SMILES string of the molecule is NCc1c(N)cnc(C(F)F)c1I. The highest BCUT2D eigenvalue weighted by atomic mass is 127. The largest absolute Gasteiger partial charge is 0.397 e. The Morgan fingerprint density at radius 2 is 2.15 bits per heavy atom. The predicted molar refractivity (Wildman–Crippen MR) is 54.2 cm³/mol. The summed E-state index contributed by atoms with van der Waals surface area (Å²) in [5, 5.41) is 0. The minimum Gasteiger partial charge on any atom is -0.397 e. The third kappa shape index (κ3) is 2.05. The maximum absolute atomic E-state index is 12.3. The molecule has 6 heteroatoms. The number of rotatable bonds is 2. The van der Waals surface area contributed by atoms with E-state index in [0.29, 0.717) is 14.8 Å². The van der Waals surface area contributed by atoms with Crippen molar-refractivity contribution in [1.82, 2.24) is 4.98 Å². The molecule has 0 aliphatic heterocycles. The Morgan fingerprint density at radius 3 is 2.62 bits per heavy atom. The molecule has 0 fully saturated rings. The highest BCUT2D eigenvalue weighted by Gasteiger charge is 2.17. The number of nitrogens with two attached hydrogens (primary N) is 2. The Bertz CT molecular complexity index is 317. The van der Waals surface area contributed by atoms with Crippen LogP contribution in [0.15, 0.2) is 6.20 Å². The van der Waals surface area contributed by atoms with Gasteiger partial charge in [0.05, 0.1) is 11.9 Å². The molecular formula is C7H8F2IN3. The van der Waals surface area contributed by atoms with E-state index in [1.807, 2.05) is 0 Å². The summed E-state index contributed by atoms with van der Waals surface area (Å²) >= 11 is 1.78. The van der Waals surface area contributed by atoms with Crippen molar-refractivity contribution >= 4 is 28.3 Å². The molecule has 4 N–H and O–H groups in total. The summed E-state index contributed by atoms with van der Waals surface area (Å²) in [6, 6.07) is 0. The van der Waals surface area contributed by atoms with Crippen LogP contribution in [-0.4, -0.2) is 4.98 Å². The van der Waals surface area contributed by atoms with Crippen LogP contribution in [0.25, 0.3) is 0 Å². The van der Waals surface area contributed by atoms with Gasteiger partial charge in [0, 0.05) is 15.7 Å². The maximum atomic E-state index is 12.3. The fourth-order valence-corrected chi connectivity index (χ4v) is 1.82. The lowest BCUT2D eigenvalue weighted by atomic mass is 10.2. The smallest absolute Gasteiger partial charge is 0.281 e. The summed E-state index contributed by atoms with van der Waals surface area (Å²) in [4.78, 5) is 3.55. The highest BCUT2D eigenvalue weighted by Crippen LogP contribution is 2.27. The van der Waals surface area contributed by atoms with Crippen LogP contribution in [0.2, 0.25) is 0 Å². The monoisotopic (exact) mass is 299 g/mol. The molecule has 0 aliphatic rings. The van der Waals surface area contributed by atoms with Gasteiger partial charge < -0.3 is 11.5 Å². The molecule has 1 aromatic heterocycles. The summed E-state index contributed by atoms with van der Waals surface area (Å²) in [7, 11) is 0. The molecule has 0 aromatic carbocycles. The lowest BCUT2D eigenvalue weighted by Crippen LogP contribution is -2.08. The lowest BCUT2D eigenvalue weighted by Gasteiger charge is -2.09. The molecule has 0 bridgehead atoms. The van der Waals surface area contributed by atoms with Crippen LogP contribution in [0.1, 0.15) is 17.7 Å². The van der Waals surface area contributed by atoms with Gasteiger partial charge in [0.25, 0.3) is 6.43 Å². The highest BCUT2D eigenvalue weighted by molar-refractivity contribution is 14.1. The number of hydrogen-bond acceptors (Lipinski definition) is 3. The predicted octanol–water partition coefficient (Wildman–Crippen LogP) is 1.66. The van der Waals surface area contributed by atoms with Crippen molar-refractivity contribution in [2.24, 2.45) is 5.73 Å². The van der Waals surface area contributed by atoms with Crippen molar-refractivity contribution in [3.8, 4) is 0 Å². The summed E-state index contributed by atoms with van der Waals surface area (Å²) in [5.41, 5.74) is 11.5. The number of pyridine rings is 1. The standard InChI is InChI=1S/C7H8F2IN3/c8-7(9)6-5(10)3(1-11)4(12)2-13-6/h2,7H,1,11-12H2. The minimum atomic E-state index is -2.59. The summed E-state index contributed by atoms with van der Waals surface area (Å²) < 4.78 is 25.0. The first-order valence-corrected chi connectivity index (χ1v) is 4.56. The first-order valence-electron chi connectivity index (χ1n) is 3.49. The van der Waals surface area contributed by atoms with Crippen LogP contribution in [0, 0.1) is 3.57 Å². The number of alkyl halides is 2. The average molecular weight is 299 g/mol. The van der Waals surface area contributed by atoms with E-state index in [0.717, 1.165) is 0 Å². The molecule has 1 heterocycles. The van der Waals surface area contributed by atoms with Crippen LogP contribution in [0.5, 0.6) is 0 Å². The molecule has 1 aromatic rings. The van der Waals surface area contributed by atoms with E-state index in [2.05, 4.69) is 4.98 Å². The number of anilines is 1. The van der Waals surface area contributed by atoms with E-state index in [9.17, 15) is 8.78 Å². The van der Waals surface area contributed by atoms with E-state index in [1.54, 1.807) is 22.6 Å². The van der Waals surface area contributed by atoms with Crippen LogP contribution in [-0.2, 0) is 6.54 Å². The molecule has 3 nitrogen and oxygen atoms in total. The second kappa shape index (κ2) is 4.14. The quantitative estimate of drug-likeness (QED) is 0.816. The zero-order chi connectivity index (χ0) is 10.0. The van der Waals surface area contributed by atoms with E-state index in [-0.39, 0.29) is 12.2 Å². The van der Waals surface area contributed by atoms with Crippen LogP contribution < -0.4 is 11.5 Å². The van der Waals surface area contributed by atoms with E-state index >= 15 is 0 Å². The van der Waals surface area contributed by atoms with Gasteiger partial charge in [-0.05, 0) is 22.6 Å². The summed E-state index contributed by atoms with van der Waals surface area (Å²) in [6.07, 6.45) is -1.37. The van der Waals surface area contributed by atoms with E-state index in [4.69, 9.17) is 11.5 Å². The third-order valence-electron chi connectivity index (χ3n) is 1.59. The fraction of sp³-hybridized carbons (Fsp3) is 0.286. The van der Waals surface area contributed by atoms with Crippen LogP contribution in [0.3, 0.4) is 0 Å². The van der Waals surface area contributed by atoms with Crippen LogP contribution >= 0.6 is 22.6 Å². The van der Waals surface area contributed by atoms with Crippen molar-refractivity contribution in [2.75, 3.05) is 5.73 Å². The van der Waals surface area contributed by atoms with E-state index < -0.39 is 6.43 Å². The molecular weight excluding hydrogens is 291 g/mol. The molecule has 72 valence electrons. The Labute approximate surface area is 87.7 Å². The summed E-state index contributed by atoms with van der Waals surface area (Å²) in [6.45, 7) is 0.145. The van der Waals surface area contributed by atoms with Gasteiger partial charge in [-0.1, -0.05) is 0 Å². The van der Waals surface area contributed by atoms with Crippen molar-refractivity contribution < 1.29 is 8.78 Å². The number of nitrogen functional groups attached to an aromatic ring is 1. The third-order valence-corrected chi connectivity index (χ3v) is 2.80. The minimum absolute atomic E-state index is 0.145. The van der Waals surface area contributed by atoms with Gasteiger partial charge in [0.2, 0.25) is 0 Å². The number of hydrogen-bond donors (Lipinski definition) is 2. The Balaban J connectivity index is 3.27. The summed E-state index contributed by atoms with van der Waals surface area (Å²) in [5.74, 6) is 0. The molecule has 13 heavy (non-hydrogen) atoms. The first-order chi connectivity index (χ1) is 6.07. The molecule has 0 saturated carbocycles. The second-order valence-electron chi connectivity index (χ2n) is 2.40. The lowest BCUT2D eigenvalue weighted by molar-refractivity contribution is 0.145.